The number of nitrogens with one attached hydrogen (secondary N) is 1. The summed E-state index contributed by atoms with van der Waals surface area (Å²) in [7, 11) is 1.85. The first-order valence-electron chi connectivity index (χ1n) is 8.80. The van der Waals surface area contributed by atoms with Gasteiger partial charge in [-0.05, 0) is 12.1 Å². The molecule has 1 amide bonds. The molecule has 0 bridgehead atoms. The van der Waals surface area contributed by atoms with Crippen LogP contribution in [0.3, 0.4) is 0 Å². The van der Waals surface area contributed by atoms with Gasteiger partial charge in [-0.15, -0.1) is 11.3 Å². The van der Waals surface area contributed by atoms with Gasteiger partial charge in [0.1, 0.15) is 22.2 Å². The Balaban J connectivity index is 1.46. The van der Waals surface area contributed by atoms with E-state index in [-0.39, 0.29) is 11.9 Å². The first-order chi connectivity index (χ1) is 13.7. The van der Waals surface area contributed by atoms with Gasteiger partial charge in [-0.2, -0.15) is 5.10 Å². The molecule has 6 nitrogen and oxygen atoms in total. The summed E-state index contributed by atoms with van der Waals surface area (Å²) in [6.07, 6.45) is 3.62. The molecule has 7 heteroatoms. The predicted octanol–water partition coefficient (Wildman–Crippen LogP) is 4.17. The van der Waals surface area contributed by atoms with E-state index in [0.29, 0.717) is 5.69 Å². The van der Waals surface area contributed by atoms with Crippen molar-refractivity contribution < 1.29 is 9.53 Å². The number of amides is 1. The third-order valence-electron chi connectivity index (χ3n) is 4.64. The lowest BCUT2D eigenvalue weighted by Crippen LogP contribution is -2.31. The van der Waals surface area contributed by atoms with E-state index in [0.717, 1.165) is 33.2 Å². The van der Waals surface area contributed by atoms with Gasteiger partial charge in [-0.1, -0.05) is 36.4 Å². The minimum atomic E-state index is -0.294. The highest BCUT2D eigenvalue weighted by Gasteiger charge is 2.29. The molecule has 0 unspecified atom stereocenters. The summed E-state index contributed by atoms with van der Waals surface area (Å²) in [4.78, 5) is 17.4. The summed E-state index contributed by atoms with van der Waals surface area (Å²) in [5.74, 6) is 1.28. The van der Waals surface area contributed by atoms with Gasteiger partial charge in [0, 0.05) is 35.3 Å². The highest BCUT2D eigenvalue weighted by molar-refractivity contribution is 7.13. The molecule has 0 fully saturated rings. The molecule has 0 radical (unpaired) electrons. The Labute approximate surface area is 165 Å². The maximum Gasteiger partial charge on any atom is 0.271 e. The highest BCUT2D eigenvalue weighted by atomic mass is 32.1. The molecule has 138 valence electrons. The van der Waals surface area contributed by atoms with E-state index in [2.05, 4.69) is 15.4 Å². The Kier molecular flexibility index (Phi) is 3.95. The molecule has 28 heavy (non-hydrogen) atoms. The summed E-state index contributed by atoms with van der Waals surface area (Å²) < 4.78 is 7.70. The third kappa shape index (κ3) is 2.86. The van der Waals surface area contributed by atoms with Crippen LogP contribution in [0.5, 0.6) is 11.5 Å². The van der Waals surface area contributed by atoms with Crippen LogP contribution in [0.4, 0.5) is 0 Å². The Morgan fingerprint density at radius 3 is 2.43 bits per heavy atom. The fraction of sp³-hybridized carbons (Fsp3) is 0.0952. The van der Waals surface area contributed by atoms with Gasteiger partial charge in [0.25, 0.3) is 5.91 Å². The van der Waals surface area contributed by atoms with Crippen molar-refractivity contribution in [2.75, 3.05) is 0 Å². The lowest BCUT2D eigenvalue weighted by atomic mass is 9.94. The van der Waals surface area contributed by atoms with E-state index in [1.165, 1.54) is 11.3 Å². The molecule has 2 aromatic carbocycles. The molecule has 0 spiro atoms. The second-order valence-electron chi connectivity index (χ2n) is 6.52. The molecule has 1 aliphatic rings. The summed E-state index contributed by atoms with van der Waals surface area (Å²) in [5, 5.41) is 9.82. The lowest BCUT2D eigenvalue weighted by molar-refractivity contribution is 0.0937. The maximum atomic E-state index is 13.0. The molecule has 2 aromatic heterocycles. The van der Waals surface area contributed by atoms with E-state index in [9.17, 15) is 4.79 Å². The van der Waals surface area contributed by atoms with Crippen LogP contribution < -0.4 is 10.1 Å². The summed E-state index contributed by atoms with van der Waals surface area (Å²) >= 11 is 1.43. The highest BCUT2D eigenvalue weighted by Crippen LogP contribution is 2.42. The third-order valence-corrected chi connectivity index (χ3v) is 5.54. The van der Waals surface area contributed by atoms with Crippen LogP contribution in [0.25, 0.3) is 10.6 Å². The lowest BCUT2D eigenvalue weighted by Gasteiger charge is -2.28. The number of fused-ring (bicyclic) bond motifs is 2. The number of aryl methyl sites for hydroxylation is 1. The molecular weight excluding hydrogens is 372 g/mol. The predicted molar refractivity (Wildman–Crippen MR) is 107 cm³/mol. The zero-order valence-corrected chi connectivity index (χ0v) is 15.8. The van der Waals surface area contributed by atoms with Crippen LogP contribution in [0.2, 0.25) is 0 Å². The van der Waals surface area contributed by atoms with Gasteiger partial charge in [0.2, 0.25) is 0 Å². The summed E-state index contributed by atoms with van der Waals surface area (Å²) in [6, 6.07) is 15.2. The van der Waals surface area contributed by atoms with Crippen LogP contribution in [0.1, 0.15) is 27.7 Å². The largest absolute Gasteiger partial charge is 0.457 e. The SMILES string of the molecule is Cn1cc(-c2nc(C(=O)NC3c4ccccc4Oc4ccccc43)cs2)cn1. The molecule has 0 atom stereocenters. The fourth-order valence-corrected chi connectivity index (χ4v) is 4.09. The van der Waals surface area contributed by atoms with Crippen LogP contribution in [0.15, 0.2) is 66.3 Å². The number of hydrogen-bond acceptors (Lipinski definition) is 5. The van der Waals surface area contributed by atoms with Gasteiger partial charge in [0.15, 0.2) is 0 Å². The second kappa shape index (κ2) is 6.61. The van der Waals surface area contributed by atoms with Crippen molar-refractivity contribution in [2.45, 2.75) is 6.04 Å². The molecule has 0 saturated heterocycles. The van der Waals surface area contributed by atoms with Gasteiger partial charge < -0.3 is 10.1 Å². The molecule has 0 saturated carbocycles. The Bertz CT molecular complexity index is 1130. The Morgan fingerprint density at radius 2 is 1.79 bits per heavy atom. The van der Waals surface area contributed by atoms with Crippen molar-refractivity contribution in [2.24, 2.45) is 7.05 Å². The number of benzene rings is 2. The van der Waals surface area contributed by atoms with Crippen molar-refractivity contribution in [1.29, 1.82) is 0 Å². The number of nitrogens with zero attached hydrogens (tertiary/aromatic N) is 3. The minimum Gasteiger partial charge on any atom is -0.457 e. The number of thiazole rings is 1. The molecule has 5 rings (SSSR count). The van der Waals surface area contributed by atoms with Crippen LogP contribution in [0, 0.1) is 0 Å². The average Bonchev–Trinajstić information content (AvgIpc) is 3.37. The van der Waals surface area contributed by atoms with Gasteiger partial charge in [-0.3, -0.25) is 9.48 Å². The number of carbonyl (C=O) groups is 1. The van der Waals surface area contributed by atoms with E-state index in [1.807, 2.05) is 61.8 Å². The normalized spacial score (nSPS) is 12.8. The van der Waals surface area contributed by atoms with E-state index in [4.69, 9.17) is 4.74 Å². The van der Waals surface area contributed by atoms with Crippen molar-refractivity contribution in [3.63, 3.8) is 0 Å². The van der Waals surface area contributed by atoms with Crippen LogP contribution in [-0.4, -0.2) is 20.7 Å². The summed E-state index contributed by atoms with van der Waals surface area (Å²) in [6.45, 7) is 0. The zero-order valence-electron chi connectivity index (χ0n) is 15.0. The van der Waals surface area contributed by atoms with Crippen molar-refractivity contribution >= 4 is 17.2 Å². The molecular formula is C21H16N4O2S. The monoisotopic (exact) mass is 388 g/mol. The number of hydrogen-bond donors (Lipinski definition) is 1. The number of rotatable bonds is 3. The quantitative estimate of drug-likeness (QED) is 0.572. The van der Waals surface area contributed by atoms with Crippen LogP contribution >= 0.6 is 11.3 Å². The number of ether oxygens (including phenoxy) is 1. The molecule has 1 aliphatic heterocycles. The molecule has 3 heterocycles. The first kappa shape index (κ1) is 16.7. The zero-order chi connectivity index (χ0) is 19.1. The smallest absolute Gasteiger partial charge is 0.271 e. The standard InChI is InChI=1S/C21H16N4O2S/c1-25-11-13(10-22-25)21-23-16(12-28-21)20(26)24-19-14-6-2-4-8-17(14)27-18-9-5-3-7-15(18)19/h2-12,19H,1H3,(H,24,26). The Morgan fingerprint density at radius 1 is 1.11 bits per heavy atom. The van der Waals surface area contributed by atoms with Gasteiger partial charge in [0.05, 0.1) is 12.2 Å². The minimum absolute atomic E-state index is 0.220. The number of carbonyl (C=O) groups excluding carboxylic acids is 1. The van der Waals surface area contributed by atoms with E-state index >= 15 is 0 Å². The van der Waals surface area contributed by atoms with E-state index in [1.54, 1.807) is 16.3 Å². The summed E-state index contributed by atoms with van der Waals surface area (Å²) in [5.41, 5.74) is 3.15. The molecule has 4 aromatic rings. The Hall–Kier alpha value is -3.45. The van der Waals surface area contributed by atoms with E-state index < -0.39 is 0 Å². The number of para-hydroxylation sites is 2. The van der Waals surface area contributed by atoms with Crippen molar-refractivity contribution in [1.82, 2.24) is 20.1 Å². The van der Waals surface area contributed by atoms with Crippen molar-refractivity contribution in [3.8, 4) is 22.1 Å². The van der Waals surface area contributed by atoms with Gasteiger partial charge in [-0.25, -0.2) is 4.98 Å². The fourth-order valence-electron chi connectivity index (χ4n) is 3.31. The average molecular weight is 388 g/mol. The molecule has 0 aliphatic carbocycles. The first-order valence-corrected chi connectivity index (χ1v) is 9.68. The number of aromatic nitrogens is 3. The van der Waals surface area contributed by atoms with Gasteiger partial charge >= 0.3 is 0 Å². The second-order valence-corrected chi connectivity index (χ2v) is 7.38. The van der Waals surface area contributed by atoms with Crippen molar-refractivity contribution in [3.05, 3.63) is 83.1 Å². The maximum absolute atomic E-state index is 13.0. The van der Waals surface area contributed by atoms with Crippen LogP contribution in [-0.2, 0) is 7.05 Å². The topological polar surface area (TPSA) is 69.0 Å². The molecule has 1 N–H and O–H groups in total.